The second kappa shape index (κ2) is 7.72. The lowest BCUT2D eigenvalue weighted by atomic mass is 9.90. The molecule has 3 atom stereocenters. The molecule has 1 aliphatic heterocycles. The van der Waals surface area contributed by atoms with E-state index < -0.39 is 6.10 Å². The van der Waals surface area contributed by atoms with E-state index in [0.717, 1.165) is 6.42 Å². The van der Waals surface area contributed by atoms with Crippen molar-refractivity contribution in [2.45, 2.75) is 37.4 Å². The number of aliphatic hydroxyl groups is 2. The summed E-state index contributed by atoms with van der Waals surface area (Å²) in [7, 11) is 0. The van der Waals surface area contributed by atoms with Gasteiger partial charge in [0.2, 0.25) is 0 Å². The summed E-state index contributed by atoms with van der Waals surface area (Å²) in [5, 5.41) is 18.9. The standard InChI is InChI=1S/C13H24O2S2/c1-9(12(15)11(3)8-14)7-10(2)13-16-5-4-6-17-13/h9-10,12-15H,3-8H2,1-2H3/t9-,10+,12-/m0/s1. The summed E-state index contributed by atoms with van der Waals surface area (Å²) in [4.78, 5) is 0. The highest BCUT2D eigenvalue weighted by atomic mass is 32.2. The molecule has 0 aromatic heterocycles. The Morgan fingerprint density at radius 3 is 2.47 bits per heavy atom. The average Bonchev–Trinajstić information content (AvgIpc) is 2.37. The van der Waals surface area contributed by atoms with E-state index in [0.29, 0.717) is 16.1 Å². The van der Waals surface area contributed by atoms with Crippen LogP contribution in [0.15, 0.2) is 12.2 Å². The first kappa shape index (κ1) is 15.4. The van der Waals surface area contributed by atoms with Crippen molar-refractivity contribution in [1.29, 1.82) is 0 Å². The van der Waals surface area contributed by atoms with Crippen LogP contribution in [0.1, 0.15) is 26.7 Å². The minimum Gasteiger partial charge on any atom is -0.392 e. The van der Waals surface area contributed by atoms with Gasteiger partial charge in [0.15, 0.2) is 0 Å². The van der Waals surface area contributed by atoms with Crippen LogP contribution in [-0.2, 0) is 0 Å². The summed E-state index contributed by atoms with van der Waals surface area (Å²) >= 11 is 4.10. The second-order valence-electron chi connectivity index (χ2n) is 4.91. The molecule has 100 valence electrons. The highest BCUT2D eigenvalue weighted by Crippen LogP contribution is 2.38. The topological polar surface area (TPSA) is 40.5 Å². The Bertz CT molecular complexity index is 240. The molecule has 1 fully saturated rings. The summed E-state index contributed by atoms with van der Waals surface area (Å²) in [6, 6.07) is 0. The van der Waals surface area contributed by atoms with Crippen LogP contribution in [0.3, 0.4) is 0 Å². The van der Waals surface area contributed by atoms with Crippen molar-refractivity contribution in [2.75, 3.05) is 18.1 Å². The van der Waals surface area contributed by atoms with E-state index in [1.807, 2.05) is 30.4 Å². The third kappa shape index (κ3) is 4.86. The summed E-state index contributed by atoms with van der Waals surface area (Å²) in [5.74, 6) is 3.30. The molecule has 0 spiro atoms. The summed E-state index contributed by atoms with van der Waals surface area (Å²) in [5.41, 5.74) is 0.536. The molecule has 2 nitrogen and oxygen atoms in total. The van der Waals surface area contributed by atoms with Crippen LogP contribution in [0.5, 0.6) is 0 Å². The van der Waals surface area contributed by atoms with E-state index in [1.54, 1.807) is 0 Å². The van der Waals surface area contributed by atoms with Gasteiger partial charge in [0, 0.05) is 0 Å². The number of aliphatic hydroxyl groups excluding tert-OH is 2. The molecule has 0 bridgehead atoms. The van der Waals surface area contributed by atoms with Gasteiger partial charge in [-0.1, -0.05) is 20.4 Å². The molecule has 0 aromatic carbocycles. The van der Waals surface area contributed by atoms with Crippen molar-refractivity contribution < 1.29 is 10.2 Å². The van der Waals surface area contributed by atoms with E-state index >= 15 is 0 Å². The van der Waals surface area contributed by atoms with Crippen LogP contribution in [-0.4, -0.2) is 39.0 Å². The number of hydrogen-bond donors (Lipinski definition) is 2. The molecule has 1 aliphatic rings. The van der Waals surface area contributed by atoms with Crippen molar-refractivity contribution in [3.05, 3.63) is 12.2 Å². The molecule has 4 heteroatoms. The minimum atomic E-state index is -0.568. The van der Waals surface area contributed by atoms with Crippen LogP contribution in [0.4, 0.5) is 0 Å². The minimum absolute atomic E-state index is 0.118. The van der Waals surface area contributed by atoms with Gasteiger partial charge in [-0.2, -0.15) is 0 Å². The van der Waals surface area contributed by atoms with Gasteiger partial charge in [-0.25, -0.2) is 0 Å². The van der Waals surface area contributed by atoms with Gasteiger partial charge in [0.05, 0.1) is 17.3 Å². The predicted molar refractivity (Wildman–Crippen MR) is 78.5 cm³/mol. The van der Waals surface area contributed by atoms with Gasteiger partial charge in [-0.3, -0.25) is 0 Å². The van der Waals surface area contributed by atoms with Crippen LogP contribution < -0.4 is 0 Å². The Hall–Kier alpha value is 0.360. The molecule has 1 rings (SSSR count). The SMILES string of the molecule is C=C(CO)[C@@H](O)[C@@H](C)C[C@@H](C)C1SCCCS1. The van der Waals surface area contributed by atoms with Crippen LogP contribution >= 0.6 is 23.5 Å². The van der Waals surface area contributed by atoms with Gasteiger partial charge < -0.3 is 10.2 Å². The van der Waals surface area contributed by atoms with Gasteiger partial charge in [-0.15, -0.1) is 23.5 Å². The molecular weight excluding hydrogens is 252 g/mol. The fraction of sp³-hybridized carbons (Fsp3) is 0.846. The Labute approximate surface area is 113 Å². The lowest BCUT2D eigenvalue weighted by Crippen LogP contribution is -2.26. The van der Waals surface area contributed by atoms with E-state index in [4.69, 9.17) is 5.11 Å². The van der Waals surface area contributed by atoms with Gasteiger partial charge in [-0.05, 0) is 41.8 Å². The molecule has 1 saturated heterocycles. The van der Waals surface area contributed by atoms with Crippen molar-refractivity contribution in [2.24, 2.45) is 11.8 Å². The Kier molecular flexibility index (Phi) is 7.00. The Morgan fingerprint density at radius 2 is 1.94 bits per heavy atom. The molecule has 17 heavy (non-hydrogen) atoms. The van der Waals surface area contributed by atoms with E-state index in [-0.39, 0.29) is 12.5 Å². The molecular formula is C13H24O2S2. The maximum Gasteiger partial charge on any atom is 0.0795 e. The molecule has 0 saturated carbocycles. The number of rotatable bonds is 6. The summed E-state index contributed by atoms with van der Waals surface area (Å²) in [6.07, 6.45) is 1.74. The zero-order chi connectivity index (χ0) is 12.8. The van der Waals surface area contributed by atoms with Crippen molar-refractivity contribution >= 4 is 23.5 Å². The molecule has 0 aliphatic carbocycles. The summed E-state index contributed by atoms with van der Waals surface area (Å²) < 4.78 is 0.667. The molecule has 1 heterocycles. The van der Waals surface area contributed by atoms with Gasteiger partial charge in [0.1, 0.15) is 0 Å². The Morgan fingerprint density at radius 1 is 1.35 bits per heavy atom. The predicted octanol–water partition coefficient (Wildman–Crippen LogP) is 2.75. The largest absolute Gasteiger partial charge is 0.392 e. The lowest BCUT2D eigenvalue weighted by Gasteiger charge is -2.30. The second-order valence-corrected chi connectivity index (χ2v) is 7.71. The van der Waals surface area contributed by atoms with Gasteiger partial charge >= 0.3 is 0 Å². The van der Waals surface area contributed by atoms with Crippen molar-refractivity contribution in [3.63, 3.8) is 0 Å². The first-order chi connectivity index (χ1) is 8.06. The first-order valence-electron chi connectivity index (χ1n) is 6.26. The van der Waals surface area contributed by atoms with Crippen LogP contribution in [0, 0.1) is 11.8 Å². The molecule has 2 N–H and O–H groups in total. The van der Waals surface area contributed by atoms with Gasteiger partial charge in [0.25, 0.3) is 0 Å². The van der Waals surface area contributed by atoms with Crippen LogP contribution in [0.2, 0.25) is 0 Å². The highest BCUT2D eigenvalue weighted by Gasteiger charge is 2.26. The molecule has 0 radical (unpaired) electrons. The molecule has 0 unspecified atom stereocenters. The number of thioether (sulfide) groups is 2. The monoisotopic (exact) mass is 276 g/mol. The Balaban J connectivity index is 2.38. The lowest BCUT2D eigenvalue weighted by molar-refractivity contribution is 0.123. The smallest absolute Gasteiger partial charge is 0.0795 e. The molecule has 0 amide bonds. The maximum atomic E-state index is 9.96. The van der Waals surface area contributed by atoms with E-state index in [2.05, 4.69) is 13.5 Å². The summed E-state index contributed by atoms with van der Waals surface area (Å²) in [6.45, 7) is 7.89. The fourth-order valence-corrected chi connectivity index (χ4v) is 5.27. The highest BCUT2D eigenvalue weighted by molar-refractivity contribution is 8.17. The zero-order valence-electron chi connectivity index (χ0n) is 10.8. The van der Waals surface area contributed by atoms with Crippen LogP contribution in [0.25, 0.3) is 0 Å². The zero-order valence-corrected chi connectivity index (χ0v) is 12.4. The third-order valence-corrected chi connectivity index (χ3v) is 6.67. The van der Waals surface area contributed by atoms with E-state index in [9.17, 15) is 5.11 Å². The maximum absolute atomic E-state index is 9.96. The molecule has 0 aromatic rings. The van der Waals surface area contributed by atoms with Crippen molar-refractivity contribution in [1.82, 2.24) is 0 Å². The normalized spacial score (nSPS) is 23.1. The average molecular weight is 276 g/mol. The fourth-order valence-electron chi connectivity index (χ4n) is 2.16. The third-order valence-electron chi connectivity index (χ3n) is 3.22. The van der Waals surface area contributed by atoms with E-state index in [1.165, 1.54) is 17.9 Å². The van der Waals surface area contributed by atoms with Crippen molar-refractivity contribution in [3.8, 4) is 0 Å². The quantitative estimate of drug-likeness (QED) is 0.732. The first-order valence-corrected chi connectivity index (χ1v) is 8.35. The number of hydrogen-bond acceptors (Lipinski definition) is 4.